The topological polar surface area (TPSA) is 43.1 Å². The van der Waals surface area contributed by atoms with Gasteiger partial charge in [0.25, 0.3) is 5.69 Å². The number of hydrogen-bond donors (Lipinski definition) is 0. The van der Waals surface area contributed by atoms with Crippen molar-refractivity contribution in [1.82, 2.24) is 0 Å². The lowest BCUT2D eigenvalue weighted by Crippen LogP contribution is -1.89. The summed E-state index contributed by atoms with van der Waals surface area (Å²) in [6, 6.07) is 3.44. The standard InChI is InChI=1S/C7H6FNO2/c1-5-4-6(9(10)11)2-3-7(5)8/h2-4H,1H3/i8-1. The second-order valence-electron chi connectivity index (χ2n) is 2.19. The van der Waals surface area contributed by atoms with Crippen LogP contribution in [0.25, 0.3) is 0 Å². The quantitative estimate of drug-likeness (QED) is 0.459. The van der Waals surface area contributed by atoms with E-state index in [1.54, 1.807) is 0 Å². The first-order chi connectivity index (χ1) is 5.11. The van der Waals surface area contributed by atoms with E-state index in [0.29, 0.717) is 5.56 Å². The van der Waals surface area contributed by atoms with E-state index in [9.17, 15) is 14.5 Å². The van der Waals surface area contributed by atoms with Crippen LogP contribution < -0.4 is 0 Å². The summed E-state index contributed by atoms with van der Waals surface area (Å²) in [7, 11) is 0. The number of halogens is 1. The van der Waals surface area contributed by atoms with Gasteiger partial charge < -0.3 is 0 Å². The summed E-state index contributed by atoms with van der Waals surface area (Å²) in [5.74, 6) is -0.421. The van der Waals surface area contributed by atoms with Crippen LogP contribution in [0.5, 0.6) is 0 Å². The molecule has 0 fully saturated rings. The van der Waals surface area contributed by atoms with Crippen molar-refractivity contribution in [2.45, 2.75) is 6.92 Å². The average molecular weight is 154 g/mol. The molecule has 0 aromatic heterocycles. The molecule has 0 N–H and O–H groups in total. The van der Waals surface area contributed by atoms with Gasteiger partial charge in [-0.2, -0.15) is 0 Å². The Morgan fingerprint density at radius 3 is 2.64 bits per heavy atom. The van der Waals surface area contributed by atoms with Crippen molar-refractivity contribution < 1.29 is 9.31 Å². The molecule has 4 heteroatoms. The fraction of sp³-hybridized carbons (Fsp3) is 0.143. The number of non-ortho nitro benzene ring substituents is 1. The number of benzene rings is 1. The van der Waals surface area contributed by atoms with Crippen molar-refractivity contribution >= 4 is 5.69 Å². The van der Waals surface area contributed by atoms with Gasteiger partial charge in [0.1, 0.15) is 5.82 Å². The molecular weight excluding hydrogens is 148 g/mol. The molecule has 0 aliphatic rings. The van der Waals surface area contributed by atoms with Gasteiger partial charge in [0.2, 0.25) is 0 Å². The predicted octanol–water partition coefficient (Wildman–Crippen LogP) is 2.04. The Balaban J connectivity index is 3.15. The van der Waals surface area contributed by atoms with Crippen molar-refractivity contribution in [1.29, 1.82) is 0 Å². The molecule has 58 valence electrons. The third-order valence-corrected chi connectivity index (χ3v) is 1.35. The Labute approximate surface area is 62.6 Å². The van der Waals surface area contributed by atoms with Gasteiger partial charge in [0, 0.05) is 12.1 Å². The van der Waals surface area contributed by atoms with E-state index in [1.807, 2.05) is 0 Å². The van der Waals surface area contributed by atoms with Crippen molar-refractivity contribution in [3.63, 3.8) is 0 Å². The van der Waals surface area contributed by atoms with E-state index in [4.69, 9.17) is 0 Å². The largest absolute Gasteiger partial charge is 0.269 e. The Morgan fingerprint density at radius 2 is 2.18 bits per heavy atom. The maximum Gasteiger partial charge on any atom is 0.269 e. The third kappa shape index (κ3) is 1.52. The molecule has 1 rings (SSSR count). The van der Waals surface area contributed by atoms with Crippen LogP contribution >= 0.6 is 0 Å². The maximum atomic E-state index is 12.5. The summed E-state index contributed by atoms with van der Waals surface area (Å²) in [6.07, 6.45) is 0. The number of nitro groups is 1. The van der Waals surface area contributed by atoms with Gasteiger partial charge in [-0.05, 0) is 18.6 Å². The summed E-state index contributed by atoms with van der Waals surface area (Å²) >= 11 is 0. The molecule has 1 aromatic rings. The van der Waals surface area contributed by atoms with Crippen molar-refractivity contribution in [2.24, 2.45) is 0 Å². The summed E-state index contributed by atoms with van der Waals surface area (Å²) in [5.41, 5.74) is 0.211. The Morgan fingerprint density at radius 1 is 1.55 bits per heavy atom. The van der Waals surface area contributed by atoms with E-state index in [-0.39, 0.29) is 5.69 Å². The molecule has 0 aliphatic carbocycles. The molecule has 0 spiro atoms. The molecule has 0 heterocycles. The second kappa shape index (κ2) is 2.65. The highest BCUT2D eigenvalue weighted by atomic mass is 18.2. The van der Waals surface area contributed by atoms with Gasteiger partial charge in [0.15, 0.2) is 0 Å². The minimum Gasteiger partial charge on any atom is -0.258 e. The van der Waals surface area contributed by atoms with Gasteiger partial charge in [-0.3, -0.25) is 10.1 Å². The number of hydrogen-bond acceptors (Lipinski definition) is 2. The molecule has 0 saturated carbocycles. The summed E-state index contributed by atoms with van der Waals surface area (Å²) < 4.78 is 12.5. The van der Waals surface area contributed by atoms with E-state index in [2.05, 4.69) is 0 Å². The average Bonchev–Trinajstić information content (AvgIpc) is 1.94. The fourth-order valence-corrected chi connectivity index (χ4v) is 0.742. The van der Waals surface area contributed by atoms with E-state index < -0.39 is 10.7 Å². The first-order valence-corrected chi connectivity index (χ1v) is 3.02. The van der Waals surface area contributed by atoms with E-state index in [0.717, 1.165) is 12.1 Å². The predicted molar refractivity (Wildman–Crippen MR) is 37.8 cm³/mol. The molecular formula is C7H6FNO2. The SMILES string of the molecule is Cc1cc([N+](=O)[O-])ccc1[18F]. The minimum atomic E-state index is -0.549. The zero-order chi connectivity index (χ0) is 8.43. The third-order valence-electron chi connectivity index (χ3n) is 1.35. The van der Waals surface area contributed by atoms with Gasteiger partial charge in [-0.25, -0.2) is 4.39 Å². The number of nitro benzene ring substituents is 1. The molecule has 0 saturated heterocycles. The monoisotopic (exact) mass is 154 g/mol. The van der Waals surface area contributed by atoms with Gasteiger partial charge in [-0.1, -0.05) is 0 Å². The molecule has 0 aliphatic heterocycles. The summed E-state index contributed by atoms with van der Waals surface area (Å²) in [4.78, 5) is 9.60. The lowest BCUT2D eigenvalue weighted by molar-refractivity contribution is -0.385. The van der Waals surface area contributed by atoms with Gasteiger partial charge >= 0.3 is 0 Å². The Bertz CT molecular complexity index is 298. The molecule has 0 bridgehead atoms. The molecule has 0 radical (unpaired) electrons. The van der Waals surface area contributed by atoms with Crippen LogP contribution in [-0.4, -0.2) is 4.92 Å². The first-order valence-electron chi connectivity index (χ1n) is 3.02. The molecule has 3 nitrogen and oxygen atoms in total. The normalized spacial score (nSPS) is 9.64. The van der Waals surface area contributed by atoms with Crippen LogP contribution in [0.2, 0.25) is 0 Å². The lowest BCUT2D eigenvalue weighted by Gasteiger charge is -1.94. The van der Waals surface area contributed by atoms with Crippen molar-refractivity contribution in [3.05, 3.63) is 39.7 Å². The lowest BCUT2D eigenvalue weighted by atomic mass is 10.2. The van der Waals surface area contributed by atoms with Crippen LogP contribution in [0.15, 0.2) is 18.2 Å². The number of nitrogens with zero attached hydrogens (tertiary/aromatic N) is 1. The zero-order valence-corrected chi connectivity index (χ0v) is 5.87. The first kappa shape index (κ1) is 7.65. The summed E-state index contributed by atoms with van der Waals surface area (Å²) in [6.45, 7) is 1.49. The number of aryl methyl sites for hydroxylation is 1. The molecule has 1 aromatic carbocycles. The van der Waals surface area contributed by atoms with Crippen LogP contribution in [0.4, 0.5) is 10.1 Å². The second-order valence-corrected chi connectivity index (χ2v) is 2.19. The highest BCUT2D eigenvalue weighted by Crippen LogP contribution is 2.15. The molecule has 0 unspecified atom stereocenters. The minimum absolute atomic E-state index is 0.0797. The Kier molecular flexibility index (Phi) is 1.85. The van der Waals surface area contributed by atoms with E-state index >= 15 is 0 Å². The molecule has 0 amide bonds. The van der Waals surface area contributed by atoms with Crippen LogP contribution in [0.1, 0.15) is 5.56 Å². The van der Waals surface area contributed by atoms with E-state index in [1.165, 1.54) is 13.0 Å². The van der Waals surface area contributed by atoms with Gasteiger partial charge in [-0.15, -0.1) is 0 Å². The maximum absolute atomic E-state index is 12.5. The zero-order valence-electron chi connectivity index (χ0n) is 5.87. The molecule has 11 heavy (non-hydrogen) atoms. The highest BCUT2D eigenvalue weighted by Gasteiger charge is 2.06. The van der Waals surface area contributed by atoms with Crippen molar-refractivity contribution in [2.75, 3.05) is 0 Å². The Hall–Kier alpha value is -1.45. The van der Waals surface area contributed by atoms with Crippen LogP contribution in [-0.2, 0) is 0 Å². The highest BCUT2D eigenvalue weighted by molar-refractivity contribution is 5.34. The molecule has 0 atom stereocenters. The van der Waals surface area contributed by atoms with Gasteiger partial charge in [0.05, 0.1) is 4.92 Å². The summed E-state index contributed by atoms with van der Waals surface area (Å²) in [5, 5.41) is 10.1. The van der Waals surface area contributed by atoms with Crippen LogP contribution in [0, 0.1) is 22.9 Å². The van der Waals surface area contributed by atoms with Crippen molar-refractivity contribution in [3.8, 4) is 0 Å². The fourth-order valence-electron chi connectivity index (χ4n) is 0.742. The van der Waals surface area contributed by atoms with Crippen LogP contribution in [0.3, 0.4) is 0 Å². The smallest absolute Gasteiger partial charge is 0.258 e. The number of rotatable bonds is 1.